The molecule has 0 bridgehead atoms. The van der Waals surface area contributed by atoms with Crippen molar-refractivity contribution < 1.29 is 19.1 Å². The summed E-state index contributed by atoms with van der Waals surface area (Å²) >= 11 is 0. The SMILES string of the molecule is COc1ccc(CCN2C(=O)C(c3ccc(OC(C)C)cc3)=C(N3CCCCC3)C2=O)cc1. The summed E-state index contributed by atoms with van der Waals surface area (Å²) in [7, 11) is 1.63. The zero-order valence-electron chi connectivity index (χ0n) is 19.7. The summed E-state index contributed by atoms with van der Waals surface area (Å²) in [4.78, 5) is 30.5. The van der Waals surface area contributed by atoms with Crippen molar-refractivity contribution in [2.24, 2.45) is 0 Å². The van der Waals surface area contributed by atoms with Gasteiger partial charge in [-0.1, -0.05) is 24.3 Å². The van der Waals surface area contributed by atoms with Gasteiger partial charge in [0.05, 0.1) is 18.8 Å². The molecule has 1 saturated heterocycles. The van der Waals surface area contributed by atoms with Gasteiger partial charge in [-0.05, 0) is 74.9 Å². The summed E-state index contributed by atoms with van der Waals surface area (Å²) in [6.45, 7) is 5.91. The van der Waals surface area contributed by atoms with Gasteiger partial charge in [-0.25, -0.2) is 0 Å². The minimum Gasteiger partial charge on any atom is -0.497 e. The first-order valence-corrected chi connectivity index (χ1v) is 11.7. The van der Waals surface area contributed by atoms with Crippen LogP contribution in [-0.2, 0) is 16.0 Å². The Labute approximate surface area is 195 Å². The number of rotatable bonds is 8. The molecule has 0 atom stereocenters. The third-order valence-electron chi connectivity index (χ3n) is 6.11. The highest BCUT2D eigenvalue weighted by Crippen LogP contribution is 2.34. The molecule has 0 aliphatic carbocycles. The molecular formula is C27H32N2O4. The molecule has 0 aromatic heterocycles. The standard InChI is InChI=1S/C27H32N2O4/c1-19(2)33-23-13-9-21(10-14-23)24-25(28-16-5-4-6-17-28)27(31)29(26(24)30)18-15-20-7-11-22(32-3)12-8-20/h7-14,19H,4-6,15-18H2,1-3H3. The Morgan fingerprint density at radius 3 is 2.09 bits per heavy atom. The van der Waals surface area contributed by atoms with Gasteiger partial charge in [-0.3, -0.25) is 14.5 Å². The van der Waals surface area contributed by atoms with Gasteiger partial charge in [0, 0.05) is 19.6 Å². The molecule has 0 unspecified atom stereocenters. The van der Waals surface area contributed by atoms with Crippen molar-refractivity contribution in [3.8, 4) is 11.5 Å². The minimum atomic E-state index is -0.216. The highest BCUT2D eigenvalue weighted by Gasteiger charge is 2.41. The second-order valence-corrected chi connectivity index (χ2v) is 8.82. The molecule has 2 aliphatic heterocycles. The number of nitrogens with zero attached hydrogens (tertiary/aromatic N) is 2. The molecule has 6 nitrogen and oxygen atoms in total. The monoisotopic (exact) mass is 448 g/mol. The Hall–Kier alpha value is -3.28. The topological polar surface area (TPSA) is 59.1 Å². The summed E-state index contributed by atoms with van der Waals surface area (Å²) in [6.07, 6.45) is 3.89. The van der Waals surface area contributed by atoms with Gasteiger partial charge in [0.15, 0.2) is 0 Å². The van der Waals surface area contributed by atoms with E-state index in [4.69, 9.17) is 9.47 Å². The number of imide groups is 1. The lowest BCUT2D eigenvalue weighted by Crippen LogP contribution is -2.38. The van der Waals surface area contributed by atoms with Crippen molar-refractivity contribution in [3.63, 3.8) is 0 Å². The molecule has 0 radical (unpaired) electrons. The number of carbonyl (C=O) groups excluding carboxylic acids is 2. The van der Waals surface area contributed by atoms with E-state index in [2.05, 4.69) is 4.90 Å². The Bertz CT molecular complexity index is 1020. The molecule has 174 valence electrons. The second-order valence-electron chi connectivity index (χ2n) is 8.82. The molecule has 0 N–H and O–H groups in total. The number of hydrogen-bond donors (Lipinski definition) is 0. The third-order valence-corrected chi connectivity index (χ3v) is 6.11. The van der Waals surface area contributed by atoms with E-state index in [1.165, 1.54) is 4.90 Å². The number of hydrogen-bond acceptors (Lipinski definition) is 5. The van der Waals surface area contributed by atoms with Gasteiger partial charge in [-0.2, -0.15) is 0 Å². The Morgan fingerprint density at radius 2 is 1.48 bits per heavy atom. The fourth-order valence-corrected chi connectivity index (χ4v) is 4.44. The van der Waals surface area contributed by atoms with Gasteiger partial charge in [0.2, 0.25) is 0 Å². The molecule has 2 heterocycles. The summed E-state index contributed by atoms with van der Waals surface area (Å²) in [5.74, 6) is 1.13. The van der Waals surface area contributed by atoms with Crippen molar-refractivity contribution in [2.75, 3.05) is 26.7 Å². The zero-order valence-corrected chi connectivity index (χ0v) is 19.7. The van der Waals surface area contributed by atoms with Crippen LogP contribution < -0.4 is 9.47 Å². The summed E-state index contributed by atoms with van der Waals surface area (Å²) in [6, 6.07) is 15.2. The maximum atomic E-state index is 13.5. The van der Waals surface area contributed by atoms with Crippen molar-refractivity contribution >= 4 is 17.4 Å². The number of amides is 2. The first-order valence-electron chi connectivity index (χ1n) is 11.7. The van der Waals surface area contributed by atoms with Crippen molar-refractivity contribution in [3.05, 3.63) is 65.4 Å². The van der Waals surface area contributed by atoms with E-state index in [1.54, 1.807) is 7.11 Å². The minimum absolute atomic E-state index is 0.0714. The predicted octanol–water partition coefficient (Wildman–Crippen LogP) is 4.29. The number of carbonyl (C=O) groups is 2. The highest BCUT2D eigenvalue weighted by molar-refractivity contribution is 6.35. The van der Waals surface area contributed by atoms with Crippen LogP contribution in [0, 0.1) is 0 Å². The van der Waals surface area contributed by atoms with Crippen LogP contribution in [0.4, 0.5) is 0 Å². The Kier molecular flexibility index (Phi) is 7.02. The maximum absolute atomic E-state index is 13.5. The van der Waals surface area contributed by atoms with Gasteiger partial charge >= 0.3 is 0 Å². The van der Waals surface area contributed by atoms with Crippen LogP contribution in [0.3, 0.4) is 0 Å². The molecule has 1 fully saturated rings. The van der Waals surface area contributed by atoms with Gasteiger partial charge in [-0.15, -0.1) is 0 Å². The fraction of sp³-hybridized carbons (Fsp3) is 0.407. The molecule has 0 saturated carbocycles. The Balaban J connectivity index is 1.59. The Morgan fingerprint density at radius 1 is 0.848 bits per heavy atom. The van der Waals surface area contributed by atoms with Crippen molar-refractivity contribution in [1.29, 1.82) is 0 Å². The molecule has 33 heavy (non-hydrogen) atoms. The number of likely N-dealkylation sites (tertiary alicyclic amines) is 1. The molecule has 2 aromatic carbocycles. The van der Waals surface area contributed by atoms with Crippen LogP contribution >= 0.6 is 0 Å². The maximum Gasteiger partial charge on any atom is 0.277 e. The van der Waals surface area contributed by atoms with E-state index in [-0.39, 0.29) is 17.9 Å². The average Bonchev–Trinajstić information content (AvgIpc) is 3.08. The molecular weight excluding hydrogens is 416 g/mol. The highest BCUT2D eigenvalue weighted by atomic mass is 16.5. The fourth-order valence-electron chi connectivity index (χ4n) is 4.44. The van der Waals surface area contributed by atoms with E-state index in [0.29, 0.717) is 24.2 Å². The smallest absolute Gasteiger partial charge is 0.277 e. The molecule has 2 amide bonds. The molecule has 2 aromatic rings. The molecule has 6 heteroatoms. The first kappa shape index (κ1) is 22.9. The molecule has 0 spiro atoms. The lowest BCUT2D eigenvalue weighted by molar-refractivity contribution is -0.137. The van der Waals surface area contributed by atoms with E-state index >= 15 is 0 Å². The van der Waals surface area contributed by atoms with Gasteiger partial charge in [0.25, 0.3) is 11.8 Å². The summed E-state index contributed by atoms with van der Waals surface area (Å²) in [5.41, 5.74) is 2.87. The first-order chi connectivity index (χ1) is 16.0. The number of piperidine rings is 1. The summed E-state index contributed by atoms with van der Waals surface area (Å²) < 4.78 is 11.0. The summed E-state index contributed by atoms with van der Waals surface area (Å²) in [5, 5.41) is 0. The van der Waals surface area contributed by atoms with Gasteiger partial charge < -0.3 is 14.4 Å². The second kappa shape index (κ2) is 10.1. The van der Waals surface area contributed by atoms with E-state index in [9.17, 15) is 9.59 Å². The number of ether oxygens (including phenoxy) is 2. The lowest BCUT2D eigenvalue weighted by Gasteiger charge is -2.29. The normalized spacial score (nSPS) is 16.7. The number of methoxy groups -OCH3 is 1. The quantitative estimate of drug-likeness (QED) is 0.564. The van der Waals surface area contributed by atoms with Crippen LogP contribution in [0.15, 0.2) is 54.2 Å². The number of benzene rings is 2. The average molecular weight is 449 g/mol. The predicted molar refractivity (Wildman–Crippen MR) is 128 cm³/mol. The van der Waals surface area contributed by atoms with Crippen LogP contribution in [0.2, 0.25) is 0 Å². The lowest BCUT2D eigenvalue weighted by atomic mass is 10.0. The van der Waals surface area contributed by atoms with Crippen LogP contribution in [-0.4, -0.2) is 54.5 Å². The largest absolute Gasteiger partial charge is 0.497 e. The van der Waals surface area contributed by atoms with Gasteiger partial charge in [0.1, 0.15) is 17.2 Å². The van der Waals surface area contributed by atoms with Crippen LogP contribution in [0.1, 0.15) is 44.2 Å². The van der Waals surface area contributed by atoms with E-state index in [1.807, 2.05) is 62.4 Å². The zero-order chi connectivity index (χ0) is 23.4. The van der Waals surface area contributed by atoms with E-state index in [0.717, 1.165) is 55.0 Å². The van der Waals surface area contributed by atoms with E-state index < -0.39 is 0 Å². The van der Waals surface area contributed by atoms with Crippen molar-refractivity contribution in [2.45, 2.75) is 45.6 Å². The van der Waals surface area contributed by atoms with Crippen LogP contribution in [0.5, 0.6) is 11.5 Å². The van der Waals surface area contributed by atoms with Crippen LogP contribution in [0.25, 0.3) is 5.57 Å². The van der Waals surface area contributed by atoms with Crippen molar-refractivity contribution in [1.82, 2.24) is 9.80 Å². The molecule has 2 aliphatic rings. The third kappa shape index (κ3) is 5.05. The molecule has 4 rings (SSSR count).